The molecular weight excluding hydrogens is 324 g/mol. The van der Waals surface area contributed by atoms with Crippen molar-refractivity contribution in [3.8, 4) is 5.75 Å². The number of halogens is 1. The molecule has 0 aromatic heterocycles. The third-order valence-corrected chi connectivity index (χ3v) is 5.77. The van der Waals surface area contributed by atoms with E-state index in [0.29, 0.717) is 6.10 Å². The van der Waals surface area contributed by atoms with Crippen LogP contribution in [0.4, 0.5) is 0 Å². The molecule has 0 amide bonds. The van der Waals surface area contributed by atoms with Crippen LogP contribution in [0.5, 0.6) is 5.75 Å². The Labute approximate surface area is 127 Å². The summed E-state index contributed by atoms with van der Waals surface area (Å²) < 4.78 is 12.2. The second kappa shape index (κ2) is 6.06. The van der Waals surface area contributed by atoms with Gasteiger partial charge in [0.25, 0.3) is 0 Å². The summed E-state index contributed by atoms with van der Waals surface area (Å²) in [5.41, 5.74) is 1.38. The fraction of sp³-hybridized carbons (Fsp3) is 0.600. The Morgan fingerprint density at radius 1 is 1.37 bits per heavy atom. The molecule has 2 unspecified atom stereocenters. The number of hydrogen-bond acceptors (Lipinski definition) is 3. The number of thioether (sulfide) groups is 1. The molecule has 0 saturated carbocycles. The van der Waals surface area contributed by atoms with E-state index in [1.807, 2.05) is 11.8 Å². The van der Waals surface area contributed by atoms with Gasteiger partial charge in [-0.2, -0.15) is 11.8 Å². The molecule has 0 N–H and O–H groups in total. The summed E-state index contributed by atoms with van der Waals surface area (Å²) in [5.74, 6) is 3.35. The van der Waals surface area contributed by atoms with Gasteiger partial charge in [-0.3, -0.25) is 0 Å². The Balaban J connectivity index is 1.62. The highest BCUT2D eigenvalue weighted by molar-refractivity contribution is 9.08. The first-order valence-electron chi connectivity index (χ1n) is 6.83. The molecular formula is C15H19BrO2S. The van der Waals surface area contributed by atoms with Gasteiger partial charge in [0.05, 0.1) is 12.2 Å². The Hall–Kier alpha value is -0.190. The summed E-state index contributed by atoms with van der Waals surface area (Å²) in [6.45, 7) is 0.838. The molecule has 0 bridgehead atoms. The Kier molecular flexibility index (Phi) is 4.40. The molecule has 2 nitrogen and oxygen atoms in total. The van der Waals surface area contributed by atoms with E-state index in [2.05, 4.69) is 40.2 Å². The molecule has 0 aliphatic carbocycles. The zero-order valence-corrected chi connectivity index (χ0v) is 13.3. The maximum Gasteiger partial charge on any atom is 0.119 e. The van der Waals surface area contributed by atoms with Crippen LogP contribution in [-0.4, -0.2) is 29.8 Å². The molecule has 2 heterocycles. The zero-order chi connectivity index (χ0) is 13.1. The molecule has 1 aromatic rings. The molecule has 4 heteroatoms. The van der Waals surface area contributed by atoms with E-state index in [1.165, 1.54) is 17.7 Å². The summed E-state index contributed by atoms with van der Waals surface area (Å²) >= 11 is 5.47. The third kappa shape index (κ3) is 3.29. The number of hydrogen-bond donors (Lipinski definition) is 0. The van der Waals surface area contributed by atoms with Gasteiger partial charge in [0.1, 0.15) is 11.9 Å². The Bertz CT molecular complexity index is 415. The van der Waals surface area contributed by atoms with Gasteiger partial charge in [-0.05, 0) is 29.9 Å². The van der Waals surface area contributed by atoms with Crippen LogP contribution in [-0.2, 0) is 10.1 Å². The fourth-order valence-electron chi connectivity index (χ4n) is 2.80. The molecule has 3 rings (SSSR count). The van der Waals surface area contributed by atoms with E-state index in [1.54, 1.807) is 0 Å². The average Bonchev–Trinajstić information content (AvgIpc) is 2.88. The lowest BCUT2D eigenvalue weighted by Gasteiger charge is -2.37. The lowest BCUT2D eigenvalue weighted by Crippen LogP contribution is -2.43. The third-order valence-electron chi connectivity index (χ3n) is 3.90. The number of ether oxygens (including phenoxy) is 2. The summed E-state index contributed by atoms with van der Waals surface area (Å²) in [5, 5.41) is 0.894. The lowest BCUT2D eigenvalue weighted by atomic mass is 9.91. The fourth-order valence-corrected chi connectivity index (χ4v) is 4.55. The van der Waals surface area contributed by atoms with E-state index in [9.17, 15) is 0 Å². The van der Waals surface area contributed by atoms with Gasteiger partial charge >= 0.3 is 0 Å². The lowest BCUT2D eigenvalue weighted by molar-refractivity contribution is -0.0958. The number of alkyl halides is 1. The van der Waals surface area contributed by atoms with Crippen molar-refractivity contribution in [1.29, 1.82) is 0 Å². The maximum absolute atomic E-state index is 6.14. The minimum atomic E-state index is 0.101. The molecule has 2 saturated heterocycles. The van der Waals surface area contributed by atoms with Crippen LogP contribution in [0.1, 0.15) is 24.8 Å². The molecule has 2 aliphatic rings. The predicted molar refractivity (Wildman–Crippen MR) is 83.3 cm³/mol. The highest BCUT2D eigenvalue weighted by Gasteiger charge is 2.41. The minimum absolute atomic E-state index is 0.101. The minimum Gasteiger partial charge on any atom is -0.490 e. The smallest absolute Gasteiger partial charge is 0.119 e. The van der Waals surface area contributed by atoms with Crippen molar-refractivity contribution in [2.75, 3.05) is 18.1 Å². The highest BCUT2D eigenvalue weighted by Crippen LogP contribution is 2.39. The summed E-state index contributed by atoms with van der Waals surface area (Å²) in [7, 11) is 0. The standard InChI is InChI=1S/C15H19BrO2S/c16-10-12-1-3-13(4-2-12)18-14-5-7-17-15(9-14)6-8-19-11-15/h1-4,14H,5-11H2. The predicted octanol–water partition coefficient (Wildman–Crippen LogP) is 4.02. The van der Waals surface area contributed by atoms with Crippen LogP contribution in [0.3, 0.4) is 0 Å². The summed E-state index contributed by atoms with van der Waals surface area (Å²) in [4.78, 5) is 0. The molecule has 2 atom stereocenters. The normalized spacial score (nSPS) is 30.7. The first kappa shape index (κ1) is 13.8. The molecule has 19 heavy (non-hydrogen) atoms. The first-order chi connectivity index (χ1) is 9.30. The summed E-state index contributed by atoms with van der Waals surface area (Å²) in [6.07, 6.45) is 3.54. The van der Waals surface area contributed by atoms with Crippen molar-refractivity contribution in [2.45, 2.75) is 36.3 Å². The van der Waals surface area contributed by atoms with Crippen LogP contribution in [0.2, 0.25) is 0 Å². The van der Waals surface area contributed by atoms with E-state index in [0.717, 1.165) is 36.3 Å². The molecule has 2 fully saturated rings. The SMILES string of the molecule is BrCc1ccc(OC2CCOC3(CCSC3)C2)cc1. The van der Waals surface area contributed by atoms with Gasteiger partial charge in [0.15, 0.2) is 0 Å². The molecule has 1 aromatic carbocycles. The van der Waals surface area contributed by atoms with Gasteiger partial charge in [-0.25, -0.2) is 0 Å². The quantitative estimate of drug-likeness (QED) is 0.773. The molecule has 104 valence electrons. The topological polar surface area (TPSA) is 18.5 Å². The molecule has 1 spiro atoms. The molecule has 2 aliphatic heterocycles. The van der Waals surface area contributed by atoms with E-state index < -0.39 is 0 Å². The van der Waals surface area contributed by atoms with Gasteiger partial charge < -0.3 is 9.47 Å². The van der Waals surface area contributed by atoms with Crippen molar-refractivity contribution in [3.05, 3.63) is 29.8 Å². The monoisotopic (exact) mass is 342 g/mol. The summed E-state index contributed by atoms with van der Waals surface area (Å²) in [6, 6.07) is 8.37. The van der Waals surface area contributed by atoms with Crippen LogP contribution in [0.25, 0.3) is 0 Å². The van der Waals surface area contributed by atoms with Crippen LogP contribution in [0.15, 0.2) is 24.3 Å². The van der Waals surface area contributed by atoms with Crippen molar-refractivity contribution in [2.24, 2.45) is 0 Å². The van der Waals surface area contributed by atoms with Crippen LogP contribution >= 0.6 is 27.7 Å². The average molecular weight is 343 g/mol. The van der Waals surface area contributed by atoms with Crippen molar-refractivity contribution >= 4 is 27.7 Å². The number of rotatable bonds is 3. The maximum atomic E-state index is 6.14. The van der Waals surface area contributed by atoms with E-state index in [-0.39, 0.29) is 5.60 Å². The van der Waals surface area contributed by atoms with Gasteiger partial charge in [0.2, 0.25) is 0 Å². The second-order valence-electron chi connectivity index (χ2n) is 5.34. The van der Waals surface area contributed by atoms with Crippen molar-refractivity contribution < 1.29 is 9.47 Å². The van der Waals surface area contributed by atoms with Gasteiger partial charge in [-0.1, -0.05) is 28.1 Å². The van der Waals surface area contributed by atoms with Gasteiger partial charge in [-0.15, -0.1) is 0 Å². The molecule has 0 radical (unpaired) electrons. The first-order valence-corrected chi connectivity index (χ1v) is 9.11. The second-order valence-corrected chi connectivity index (χ2v) is 7.01. The Morgan fingerprint density at radius 3 is 2.89 bits per heavy atom. The van der Waals surface area contributed by atoms with Crippen molar-refractivity contribution in [3.63, 3.8) is 0 Å². The highest BCUT2D eigenvalue weighted by atomic mass is 79.9. The van der Waals surface area contributed by atoms with Crippen LogP contribution in [0, 0.1) is 0 Å². The van der Waals surface area contributed by atoms with Crippen molar-refractivity contribution in [1.82, 2.24) is 0 Å². The number of benzene rings is 1. The van der Waals surface area contributed by atoms with E-state index >= 15 is 0 Å². The largest absolute Gasteiger partial charge is 0.490 e. The van der Waals surface area contributed by atoms with Gasteiger partial charge in [0, 0.05) is 23.9 Å². The Morgan fingerprint density at radius 2 is 2.21 bits per heavy atom. The van der Waals surface area contributed by atoms with E-state index in [4.69, 9.17) is 9.47 Å². The van der Waals surface area contributed by atoms with Crippen LogP contribution < -0.4 is 4.74 Å². The zero-order valence-electron chi connectivity index (χ0n) is 10.9.